The van der Waals surface area contributed by atoms with Gasteiger partial charge in [0.1, 0.15) is 0 Å². The Balaban J connectivity index is 3.94. The molecule has 0 saturated carbocycles. The molecule has 1 amide bonds. The Morgan fingerprint density at radius 3 is 2.58 bits per heavy atom. The molecule has 0 bridgehead atoms. The minimum Gasteiger partial charge on any atom is -0.369 e. The van der Waals surface area contributed by atoms with Gasteiger partial charge in [-0.2, -0.15) is 5.26 Å². The van der Waals surface area contributed by atoms with Crippen molar-refractivity contribution in [1.29, 1.82) is 5.26 Å². The van der Waals surface area contributed by atoms with Gasteiger partial charge in [0.25, 0.3) is 0 Å². The summed E-state index contributed by atoms with van der Waals surface area (Å²) in [6, 6.07) is 1.77. The fourth-order valence-corrected chi connectivity index (χ4v) is 0.541. The predicted octanol–water partition coefficient (Wildman–Crippen LogP) is -0.000420. The summed E-state index contributed by atoms with van der Waals surface area (Å²) in [5.74, 6) is -0.361. The number of carbonyl (C=O) groups excluding carboxylic acids is 1. The summed E-state index contributed by atoms with van der Waals surface area (Å²) < 4.78 is 0. The SMILES string of the molecule is CC(C#N)NCC(C)(C)C(N)=O. The van der Waals surface area contributed by atoms with Crippen molar-refractivity contribution >= 4 is 5.91 Å². The Hall–Kier alpha value is -1.08. The Morgan fingerprint density at radius 2 is 2.25 bits per heavy atom. The van der Waals surface area contributed by atoms with Gasteiger partial charge in [0.15, 0.2) is 0 Å². The van der Waals surface area contributed by atoms with Crippen molar-refractivity contribution < 1.29 is 4.79 Å². The molecule has 0 rings (SSSR count). The number of carbonyl (C=O) groups is 1. The van der Waals surface area contributed by atoms with Crippen molar-refractivity contribution in [3.63, 3.8) is 0 Å². The third kappa shape index (κ3) is 3.35. The number of nitrogens with one attached hydrogen (secondary N) is 1. The molecule has 0 aromatic heterocycles. The third-order valence-corrected chi connectivity index (χ3v) is 1.71. The number of nitriles is 1. The van der Waals surface area contributed by atoms with Crippen molar-refractivity contribution in [2.75, 3.05) is 6.54 Å². The van der Waals surface area contributed by atoms with E-state index in [1.54, 1.807) is 20.8 Å². The molecule has 0 radical (unpaired) electrons. The van der Waals surface area contributed by atoms with Gasteiger partial charge in [0.05, 0.1) is 17.5 Å². The molecule has 1 unspecified atom stereocenters. The fraction of sp³-hybridized carbons (Fsp3) is 0.750. The highest BCUT2D eigenvalue weighted by Gasteiger charge is 2.24. The standard InChI is InChI=1S/C8H15N3O/c1-6(4-9)11-5-8(2,3)7(10)12/h6,11H,5H2,1-3H3,(H2,10,12). The van der Waals surface area contributed by atoms with Gasteiger partial charge in [-0.25, -0.2) is 0 Å². The van der Waals surface area contributed by atoms with Crippen LogP contribution in [0.15, 0.2) is 0 Å². The van der Waals surface area contributed by atoms with Crippen molar-refractivity contribution in [2.24, 2.45) is 11.1 Å². The lowest BCUT2D eigenvalue weighted by Crippen LogP contribution is -2.42. The monoisotopic (exact) mass is 169 g/mol. The first-order valence-electron chi connectivity index (χ1n) is 3.83. The lowest BCUT2D eigenvalue weighted by atomic mass is 9.92. The average Bonchev–Trinajstić information content (AvgIpc) is 2.00. The molecule has 0 aliphatic carbocycles. The van der Waals surface area contributed by atoms with E-state index in [-0.39, 0.29) is 11.9 Å². The van der Waals surface area contributed by atoms with Gasteiger partial charge < -0.3 is 11.1 Å². The van der Waals surface area contributed by atoms with E-state index >= 15 is 0 Å². The first-order valence-corrected chi connectivity index (χ1v) is 3.83. The molecule has 0 spiro atoms. The topological polar surface area (TPSA) is 78.9 Å². The molecule has 0 heterocycles. The van der Waals surface area contributed by atoms with Gasteiger partial charge in [-0.15, -0.1) is 0 Å². The van der Waals surface area contributed by atoms with Gasteiger partial charge in [-0.1, -0.05) is 0 Å². The summed E-state index contributed by atoms with van der Waals surface area (Å²) in [6.07, 6.45) is 0. The van der Waals surface area contributed by atoms with Gasteiger partial charge in [0.2, 0.25) is 5.91 Å². The normalized spacial score (nSPS) is 13.5. The molecule has 0 fully saturated rings. The maximum absolute atomic E-state index is 10.8. The van der Waals surface area contributed by atoms with Gasteiger partial charge in [-0.3, -0.25) is 4.79 Å². The zero-order valence-electron chi connectivity index (χ0n) is 7.72. The van der Waals surface area contributed by atoms with Crippen LogP contribution >= 0.6 is 0 Å². The van der Waals surface area contributed by atoms with E-state index in [2.05, 4.69) is 5.32 Å². The number of primary amides is 1. The zero-order chi connectivity index (χ0) is 9.78. The van der Waals surface area contributed by atoms with Crippen molar-refractivity contribution in [1.82, 2.24) is 5.32 Å². The fourth-order valence-electron chi connectivity index (χ4n) is 0.541. The second-order valence-corrected chi connectivity index (χ2v) is 3.48. The maximum atomic E-state index is 10.8. The minimum absolute atomic E-state index is 0.247. The lowest BCUT2D eigenvalue weighted by Gasteiger charge is -2.21. The Labute approximate surface area is 72.7 Å². The molecule has 0 aromatic carbocycles. The summed E-state index contributed by atoms with van der Waals surface area (Å²) in [4.78, 5) is 10.8. The molecule has 3 N–H and O–H groups in total. The van der Waals surface area contributed by atoms with E-state index in [0.29, 0.717) is 6.54 Å². The highest BCUT2D eigenvalue weighted by Crippen LogP contribution is 2.11. The van der Waals surface area contributed by atoms with Gasteiger partial charge in [0, 0.05) is 6.54 Å². The summed E-state index contributed by atoms with van der Waals surface area (Å²) in [5.41, 5.74) is 4.54. The van der Waals surface area contributed by atoms with E-state index < -0.39 is 5.41 Å². The predicted molar refractivity (Wildman–Crippen MR) is 46.1 cm³/mol. The molecular weight excluding hydrogens is 154 g/mol. The Morgan fingerprint density at radius 1 is 1.75 bits per heavy atom. The molecule has 12 heavy (non-hydrogen) atoms. The molecule has 1 atom stereocenters. The van der Waals surface area contributed by atoms with Crippen molar-refractivity contribution in [3.05, 3.63) is 0 Å². The summed E-state index contributed by atoms with van der Waals surface area (Å²) in [6.45, 7) is 5.65. The molecule has 0 aliphatic rings. The van der Waals surface area contributed by atoms with E-state index in [4.69, 9.17) is 11.0 Å². The number of hydrogen-bond donors (Lipinski definition) is 2. The van der Waals surface area contributed by atoms with E-state index in [9.17, 15) is 4.79 Å². The van der Waals surface area contributed by atoms with Crippen LogP contribution in [0.3, 0.4) is 0 Å². The van der Waals surface area contributed by atoms with Crippen molar-refractivity contribution in [2.45, 2.75) is 26.8 Å². The smallest absolute Gasteiger partial charge is 0.224 e. The van der Waals surface area contributed by atoms with Crippen LogP contribution in [-0.4, -0.2) is 18.5 Å². The Bertz CT molecular complexity index is 205. The largest absolute Gasteiger partial charge is 0.369 e. The van der Waals surface area contributed by atoms with E-state index in [1.807, 2.05) is 6.07 Å². The van der Waals surface area contributed by atoms with E-state index in [1.165, 1.54) is 0 Å². The molecule has 68 valence electrons. The minimum atomic E-state index is -0.592. The lowest BCUT2D eigenvalue weighted by molar-refractivity contribution is -0.125. The maximum Gasteiger partial charge on any atom is 0.224 e. The molecule has 0 saturated heterocycles. The van der Waals surface area contributed by atoms with Gasteiger partial charge in [-0.05, 0) is 20.8 Å². The summed E-state index contributed by atoms with van der Waals surface area (Å²) >= 11 is 0. The number of rotatable bonds is 4. The third-order valence-electron chi connectivity index (χ3n) is 1.71. The highest BCUT2D eigenvalue weighted by atomic mass is 16.1. The van der Waals surface area contributed by atoms with Crippen LogP contribution in [0, 0.1) is 16.7 Å². The first-order chi connectivity index (χ1) is 5.40. The highest BCUT2D eigenvalue weighted by molar-refractivity contribution is 5.80. The van der Waals surface area contributed by atoms with Crippen LogP contribution in [-0.2, 0) is 4.79 Å². The van der Waals surface area contributed by atoms with Crippen LogP contribution in [0.4, 0.5) is 0 Å². The molecule has 0 aliphatic heterocycles. The average molecular weight is 169 g/mol. The number of amides is 1. The summed E-state index contributed by atoms with van der Waals surface area (Å²) in [5, 5.41) is 11.3. The summed E-state index contributed by atoms with van der Waals surface area (Å²) in [7, 11) is 0. The second-order valence-electron chi connectivity index (χ2n) is 3.48. The van der Waals surface area contributed by atoms with Crippen LogP contribution < -0.4 is 11.1 Å². The second kappa shape index (κ2) is 4.07. The van der Waals surface area contributed by atoms with Crippen LogP contribution in [0.5, 0.6) is 0 Å². The Kier molecular flexibility index (Phi) is 3.71. The zero-order valence-corrected chi connectivity index (χ0v) is 7.72. The van der Waals surface area contributed by atoms with Gasteiger partial charge >= 0.3 is 0 Å². The number of hydrogen-bond acceptors (Lipinski definition) is 3. The molecule has 4 heteroatoms. The van der Waals surface area contributed by atoms with Crippen molar-refractivity contribution in [3.8, 4) is 6.07 Å². The molecule has 0 aromatic rings. The molecule has 4 nitrogen and oxygen atoms in total. The van der Waals surface area contributed by atoms with E-state index in [0.717, 1.165) is 0 Å². The molecular formula is C8H15N3O. The van der Waals surface area contributed by atoms with Crippen LogP contribution in [0.25, 0.3) is 0 Å². The number of nitrogens with zero attached hydrogens (tertiary/aromatic N) is 1. The quantitative estimate of drug-likeness (QED) is 0.621. The van der Waals surface area contributed by atoms with Crippen LogP contribution in [0.1, 0.15) is 20.8 Å². The first kappa shape index (κ1) is 10.9. The van der Waals surface area contributed by atoms with Crippen LogP contribution in [0.2, 0.25) is 0 Å². The number of nitrogens with two attached hydrogens (primary N) is 1.